The number of ether oxygens (including phenoxy) is 3. The smallest absolute Gasteiger partial charge is 0.233 e. The summed E-state index contributed by atoms with van der Waals surface area (Å²) in [5.41, 5.74) is 0. The molecule has 0 atom stereocenters. The van der Waals surface area contributed by atoms with E-state index >= 15 is 0 Å². The van der Waals surface area contributed by atoms with Gasteiger partial charge >= 0.3 is 0 Å². The van der Waals surface area contributed by atoms with E-state index in [1.165, 1.54) is 96.3 Å². The van der Waals surface area contributed by atoms with Crippen molar-refractivity contribution in [1.29, 1.82) is 0 Å². The van der Waals surface area contributed by atoms with Gasteiger partial charge < -0.3 is 14.2 Å². The van der Waals surface area contributed by atoms with Gasteiger partial charge in [-0.2, -0.15) is 0 Å². The fourth-order valence-corrected chi connectivity index (χ4v) is 10.4. The van der Waals surface area contributed by atoms with Crippen molar-refractivity contribution < 1.29 is 14.2 Å². The first kappa shape index (κ1) is 20.0. The van der Waals surface area contributed by atoms with Crippen molar-refractivity contribution in [2.75, 3.05) is 21.3 Å². The van der Waals surface area contributed by atoms with Crippen LogP contribution in [0.15, 0.2) is 0 Å². The number of methoxy groups -OCH3 is 3. The first-order valence-corrected chi connectivity index (χ1v) is 11.8. The average molecular weight is 372 g/mol. The molecule has 3 rings (SSSR count). The van der Waals surface area contributed by atoms with Gasteiger partial charge in [-0.3, -0.25) is 0 Å². The van der Waals surface area contributed by atoms with Gasteiger partial charge in [0, 0.05) is 59.9 Å². The summed E-state index contributed by atoms with van der Waals surface area (Å²) in [6, 6.07) is 0. The maximum atomic E-state index is 6.45. The minimum Gasteiger partial charge on any atom is -0.334 e. The summed E-state index contributed by atoms with van der Waals surface area (Å²) in [6.45, 7) is 0. The Labute approximate surface area is 157 Å². The SMILES string of the molecule is COC1([S+](C2(OC)CCCCC2)C2(OC)CCCCC2)CCCCC1. The monoisotopic (exact) mass is 371 g/mol. The summed E-state index contributed by atoms with van der Waals surface area (Å²) in [6.07, 6.45) is 18.9. The molecule has 3 aliphatic rings. The van der Waals surface area contributed by atoms with Gasteiger partial charge in [0.15, 0.2) is 0 Å². The van der Waals surface area contributed by atoms with Gasteiger partial charge in [0.1, 0.15) is 0 Å². The molecule has 0 aromatic carbocycles. The minimum absolute atomic E-state index is 0.0264. The Hall–Kier alpha value is 0.230. The summed E-state index contributed by atoms with van der Waals surface area (Å²) < 4.78 is 19.4. The Morgan fingerprint density at radius 3 is 0.880 bits per heavy atom. The average Bonchev–Trinajstić information content (AvgIpc) is 2.70. The summed E-state index contributed by atoms with van der Waals surface area (Å²) in [7, 11) is 5.86. The molecule has 0 bridgehead atoms. The van der Waals surface area contributed by atoms with Crippen molar-refractivity contribution in [3.63, 3.8) is 0 Å². The van der Waals surface area contributed by atoms with E-state index in [2.05, 4.69) is 0 Å². The quantitative estimate of drug-likeness (QED) is 0.575. The van der Waals surface area contributed by atoms with Crippen molar-refractivity contribution in [3.05, 3.63) is 0 Å². The van der Waals surface area contributed by atoms with Crippen molar-refractivity contribution in [1.82, 2.24) is 0 Å². The van der Waals surface area contributed by atoms with Crippen LogP contribution in [0.2, 0.25) is 0 Å². The summed E-state index contributed by atoms with van der Waals surface area (Å²) in [5.74, 6) is 0. The van der Waals surface area contributed by atoms with Crippen LogP contribution >= 0.6 is 0 Å². The van der Waals surface area contributed by atoms with E-state index in [-0.39, 0.29) is 25.7 Å². The Balaban J connectivity index is 2.06. The van der Waals surface area contributed by atoms with Gasteiger partial charge in [-0.25, -0.2) is 0 Å². The zero-order valence-electron chi connectivity index (χ0n) is 16.7. The molecule has 3 saturated carbocycles. The zero-order valence-corrected chi connectivity index (χ0v) is 17.6. The van der Waals surface area contributed by atoms with Crippen LogP contribution < -0.4 is 0 Å². The van der Waals surface area contributed by atoms with E-state index in [0.717, 1.165) is 0 Å². The Morgan fingerprint density at radius 2 is 0.680 bits per heavy atom. The predicted octanol–water partition coefficient (Wildman–Crippen LogP) is 5.53. The highest BCUT2D eigenvalue weighted by Gasteiger charge is 2.70. The van der Waals surface area contributed by atoms with E-state index in [1.807, 2.05) is 21.3 Å². The first-order chi connectivity index (χ1) is 12.2. The molecule has 0 aliphatic heterocycles. The Kier molecular flexibility index (Phi) is 6.79. The third-order valence-corrected chi connectivity index (χ3v) is 11.0. The molecule has 0 saturated heterocycles. The van der Waals surface area contributed by atoms with Crippen molar-refractivity contribution in [2.45, 2.75) is 111 Å². The maximum absolute atomic E-state index is 6.45. The Morgan fingerprint density at radius 1 is 0.440 bits per heavy atom. The van der Waals surface area contributed by atoms with Crippen molar-refractivity contribution in [2.24, 2.45) is 0 Å². The molecular weight excluding hydrogens is 332 g/mol. The van der Waals surface area contributed by atoms with Gasteiger partial charge in [0.05, 0.1) is 10.9 Å². The normalized spacial score (nSPS) is 28.8. The molecule has 0 heterocycles. The lowest BCUT2D eigenvalue weighted by molar-refractivity contribution is -0.0257. The molecule has 25 heavy (non-hydrogen) atoms. The van der Waals surface area contributed by atoms with Gasteiger partial charge in [-0.05, 0) is 38.5 Å². The van der Waals surface area contributed by atoms with Crippen molar-refractivity contribution >= 4 is 10.9 Å². The largest absolute Gasteiger partial charge is 0.334 e. The molecular formula is C21H39O3S+. The van der Waals surface area contributed by atoms with E-state index < -0.39 is 0 Å². The predicted molar refractivity (Wildman–Crippen MR) is 106 cm³/mol. The van der Waals surface area contributed by atoms with Crippen LogP contribution in [0.4, 0.5) is 0 Å². The maximum Gasteiger partial charge on any atom is 0.233 e. The minimum atomic E-state index is -0.0427. The molecule has 0 N–H and O–H groups in total. The first-order valence-electron chi connectivity index (χ1n) is 10.6. The van der Waals surface area contributed by atoms with E-state index in [0.29, 0.717) is 0 Å². The molecule has 0 amide bonds. The highest BCUT2D eigenvalue weighted by atomic mass is 32.2. The van der Waals surface area contributed by atoms with E-state index in [1.54, 1.807) is 0 Å². The van der Waals surface area contributed by atoms with Crippen molar-refractivity contribution in [3.8, 4) is 0 Å². The lowest BCUT2D eigenvalue weighted by Crippen LogP contribution is -2.65. The molecule has 0 spiro atoms. The van der Waals surface area contributed by atoms with Crippen LogP contribution in [0, 0.1) is 0 Å². The van der Waals surface area contributed by atoms with E-state index in [9.17, 15) is 0 Å². The third-order valence-electron chi connectivity index (χ3n) is 7.08. The van der Waals surface area contributed by atoms with Crippen LogP contribution in [0.25, 0.3) is 0 Å². The Bertz CT molecular complexity index is 346. The molecule has 0 aromatic heterocycles. The van der Waals surface area contributed by atoms with Crippen LogP contribution in [-0.4, -0.2) is 36.1 Å². The number of rotatable bonds is 6. The summed E-state index contributed by atoms with van der Waals surface area (Å²) >= 11 is 0. The molecule has 146 valence electrons. The second-order valence-electron chi connectivity index (χ2n) is 8.33. The molecule has 0 unspecified atom stereocenters. The van der Waals surface area contributed by atoms with Crippen LogP contribution in [-0.2, 0) is 25.1 Å². The van der Waals surface area contributed by atoms with E-state index in [4.69, 9.17) is 14.2 Å². The molecule has 3 nitrogen and oxygen atoms in total. The topological polar surface area (TPSA) is 27.7 Å². The number of hydrogen-bond donors (Lipinski definition) is 0. The lowest BCUT2D eigenvalue weighted by Gasteiger charge is -2.51. The number of hydrogen-bond acceptors (Lipinski definition) is 3. The van der Waals surface area contributed by atoms with Crippen LogP contribution in [0.5, 0.6) is 0 Å². The third kappa shape index (κ3) is 3.66. The summed E-state index contributed by atoms with van der Waals surface area (Å²) in [4.78, 5) is -0.128. The summed E-state index contributed by atoms with van der Waals surface area (Å²) in [5, 5.41) is 0. The molecule has 0 radical (unpaired) electrons. The van der Waals surface area contributed by atoms with Crippen LogP contribution in [0.1, 0.15) is 96.3 Å². The molecule has 3 aliphatic carbocycles. The highest BCUT2D eigenvalue weighted by Crippen LogP contribution is 2.56. The highest BCUT2D eigenvalue weighted by molar-refractivity contribution is 8.00. The molecule has 4 heteroatoms. The van der Waals surface area contributed by atoms with Gasteiger partial charge in [0.25, 0.3) is 0 Å². The zero-order chi connectivity index (χ0) is 17.8. The fourth-order valence-electron chi connectivity index (χ4n) is 5.76. The molecule has 0 aromatic rings. The fraction of sp³-hybridized carbons (Fsp3) is 1.00. The molecule has 3 fully saturated rings. The second-order valence-corrected chi connectivity index (χ2v) is 11.2. The second kappa shape index (κ2) is 8.50. The van der Waals surface area contributed by atoms with Gasteiger partial charge in [-0.15, -0.1) is 0 Å². The van der Waals surface area contributed by atoms with Gasteiger partial charge in [0.2, 0.25) is 14.8 Å². The standard InChI is InChI=1S/C21H39O3S/c1-22-19(13-7-4-8-14-19)25(20(23-2)15-9-5-10-16-20)21(24-3)17-11-6-12-18-21/h4-18H2,1-3H3/q+1. The van der Waals surface area contributed by atoms with Crippen LogP contribution in [0.3, 0.4) is 0 Å². The van der Waals surface area contributed by atoms with Gasteiger partial charge in [-0.1, -0.05) is 19.3 Å². The lowest BCUT2D eigenvalue weighted by atomic mass is 9.95.